The molecule has 1 saturated carbocycles. The molecule has 2 aliphatic rings. The van der Waals surface area contributed by atoms with Gasteiger partial charge in [0.1, 0.15) is 12.1 Å². The predicted molar refractivity (Wildman–Crippen MR) is 90.5 cm³/mol. The summed E-state index contributed by atoms with van der Waals surface area (Å²) in [6.45, 7) is 11.1. The average molecular weight is 302 g/mol. The van der Waals surface area contributed by atoms with Crippen molar-refractivity contribution in [2.45, 2.75) is 66.7 Å². The standard InChI is InChI=1S/C20H30O2/c1-14(10-11-21)6-8-17-15(2)7-9-18-19(3,4)12-16(22)13-20(17,18)5/h7,10-11,17-18H,6,8-9,12-13H2,1-5H3/b14-10+/t17-,18-,20+/m1/s1. The van der Waals surface area contributed by atoms with Crippen molar-refractivity contribution in [3.05, 3.63) is 23.3 Å². The fraction of sp³-hybridized carbons (Fsp3) is 0.700. The summed E-state index contributed by atoms with van der Waals surface area (Å²) < 4.78 is 0. The first-order valence-electron chi connectivity index (χ1n) is 8.50. The maximum Gasteiger partial charge on any atom is 0.142 e. The molecule has 0 radical (unpaired) electrons. The summed E-state index contributed by atoms with van der Waals surface area (Å²) >= 11 is 0. The van der Waals surface area contributed by atoms with Crippen molar-refractivity contribution in [2.75, 3.05) is 0 Å². The highest BCUT2D eigenvalue weighted by Crippen LogP contribution is 2.59. The number of Topliss-reactive ketones (excluding diaryl/α,β-unsaturated/α-hetero) is 1. The molecule has 122 valence electrons. The van der Waals surface area contributed by atoms with Crippen LogP contribution in [0.2, 0.25) is 0 Å². The van der Waals surface area contributed by atoms with Gasteiger partial charge in [-0.3, -0.25) is 9.59 Å². The van der Waals surface area contributed by atoms with E-state index < -0.39 is 0 Å². The van der Waals surface area contributed by atoms with E-state index in [2.05, 4.69) is 33.8 Å². The molecule has 3 atom stereocenters. The summed E-state index contributed by atoms with van der Waals surface area (Å²) in [7, 11) is 0. The largest absolute Gasteiger partial charge is 0.300 e. The Morgan fingerprint density at radius 1 is 1.32 bits per heavy atom. The van der Waals surface area contributed by atoms with E-state index in [1.807, 2.05) is 6.92 Å². The third-order valence-corrected chi connectivity index (χ3v) is 6.17. The normalized spacial score (nSPS) is 34.9. The van der Waals surface area contributed by atoms with Gasteiger partial charge in [0.25, 0.3) is 0 Å². The van der Waals surface area contributed by atoms with E-state index in [1.54, 1.807) is 6.08 Å². The molecule has 0 heterocycles. The summed E-state index contributed by atoms with van der Waals surface area (Å²) in [4.78, 5) is 23.0. The van der Waals surface area contributed by atoms with Crippen LogP contribution in [-0.2, 0) is 9.59 Å². The van der Waals surface area contributed by atoms with E-state index in [1.165, 1.54) is 5.57 Å². The van der Waals surface area contributed by atoms with Gasteiger partial charge in [-0.2, -0.15) is 0 Å². The fourth-order valence-corrected chi connectivity index (χ4v) is 5.18. The number of rotatable bonds is 4. The highest BCUT2D eigenvalue weighted by Gasteiger charge is 2.53. The molecule has 0 saturated heterocycles. The van der Waals surface area contributed by atoms with Crippen molar-refractivity contribution >= 4 is 12.1 Å². The molecule has 0 bridgehead atoms. The first-order chi connectivity index (χ1) is 10.2. The number of allylic oxidation sites excluding steroid dienone is 4. The highest BCUT2D eigenvalue weighted by molar-refractivity contribution is 5.81. The third kappa shape index (κ3) is 3.11. The number of hydrogen-bond acceptors (Lipinski definition) is 2. The highest BCUT2D eigenvalue weighted by atomic mass is 16.1. The molecule has 0 unspecified atom stereocenters. The van der Waals surface area contributed by atoms with Crippen LogP contribution < -0.4 is 0 Å². The number of ketones is 1. The molecule has 0 amide bonds. The number of hydrogen-bond donors (Lipinski definition) is 0. The van der Waals surface area contributed by atoms with Gasteiger partial charge in [0, 0.05) is 12.8 Å². The minimum atomic E-state index is 0.0686. The molecule has 2 rings (SSSR count). The lowest BCUT2D eigenvalue weighted by atomic mass is 9.48. The lowest BCUT2D eigenvalue weighted by Gasteiger charge is -2.56. The van der Waals surface area contributed by atoms with Crippen LogP contribution >= 0.6 is 0 Å². The molecule has 0 aromatic heterocycles. The molecule has 0 spiro atoms. The smallest absolute Gasteiger partial charge is 0.142 e. The topological polar surface area (TPSA) is 34.1 Å². The molecule has 0 aromatic carbocycles. The quantitative estimate of drug-likeness (QED) is 0.421. The minimum Gasteiger partial charge on any atom is -0.300 e. The maximum atomic E-state index is 12.4. The van der Waals surface area contributed by atoms with Gasteiger partial charge in [0.15, 0.2) is 0 Å². The van der Waals surface area contributed by atoms with Crippen molar-refractivity contribution in [1.29, 1.82) is 0 Å². The van der Waals surface area contributed by atoms with Crippen LogP contribution in [0.4, 0.5) is 0 Å². The Labute approximate surface area is 135 Å². The van der Waals surface area contributed by atoms with Gasteiger partial charge in [0.2, 0.25) is 0 Å². The molecule has 0 N–H and O–H groups in total. The lowest BCUT2D eigenvalue weighted by Crippen LogP contribution is -2.51. The van der Waals surface area contributed by atoms with E-state index in [9.17, 15) is 9.59 Å². The number of carbonyl (C=O) groups is 2. The fourth-order valence-electron chi connectivity index (χ4n) is 5.18. The van der Waals surface area contributed by atoms with Crippen LogP contribution in [0, 0.1) is 22.7 Å². The van der Waals surface area contributed by atoms with E-state index >= 15 is 0 Å². The van der Waals surface area contributed by atoms with Gasteiger partial charge < -0.3 is 0 Å². The Morgan fingerprint density at radius 3 is 2.64 bits per heavy atom. The van der Waals surface area contributed by atoms with Crippen molar-refractivity contribution in [3.8, 4) is 0 Å². The third-order valence-electron chi connectivity index (χ3n) is 6.17. The zero-order valence-corrected chi connectivity index (χ0v) is 14.7. The lowest BCUT2D eigenvalue weighted by molar-refractivity contribution is -0.136. The molecular formula is C20H30O2. The summed E-state index contributed by atoms with van der Waals surface area (Å²) in [5.41, 5.74) is 2.73. The van der Waals surface area contributed by atoms with Gasteiger partial charge in [-0.1, -0.05) is 38.0 Å². The molecule has 1 fully saturated rings. The van der Waals surface area contributed by atoms with Gasteiger partial charge in [-0.15, -0.1) is 0 Å². The van der Waals surface area contributed by atoms with Crippen LogP contribution in [0.3, 0.4) is 0 Å². The van der Waals surface area contributed by atoms with Crippen LogP contribution in [0.25, 0.3) is 0 Å². The van der Waals surface area contributed by atoms with Gasteiger partial charge >= 0.3 is 0 Å². The summed E-state index contributed by atoms with van der Waals surface area (Å²) in [5.74, 6) is 1.44. The zero-order valence-electron chi connectivity index (χ0n) is 14.7. The van der Waals surface area contributed by atoms with E-state index in [-0.39, 0.29) is 10.8 Å². The molecule has 0 aliphatic heterocycles. The van der Waals surface area contributed by atoms with E-state index in [4.69, 9.17) is 0 Å². The molecule has 2 heteroatoms. The molecule has 2 aliphatic carbocycles. The van der Waals surface area contributed by atoms with Crippen molar-refractivity contribution in [1.82, 2.24) is 0 Å². The van der Waals surface area contributed by atoms with Gasteiger partial charge in [-0.05, 0) is 61.9 Å². The second kappa shape index (κ2) is 6.14. The zero-order chi connectivity index (χ0) is 16.5. The number of carbonyl (C=O) groups excluding carboxylic acids is 2. The molecule has 2 nitrogen and oxygen atoms in total. The SMILES string of the molecule is CC1=CC[C@@H]2C(C)(C)CC(=O)C[C@@]2(C)[C@@H]1CC/C(C)=C/C=O. The maximum absolute atomic E-state index is 12.4. The Balaban J connectivity index is 2.29. The Bertz CT molecular complexity index is 524. The molecular weight excluding hydrogens is 272 g/mol. The summed E-state index contributed by atoms with van der Waals surface area (Å²) in [6, 6.07) is 0. The monoisotopic (exact) mass is 302 g/mol. The van der Waals surface area contributed by atoms with Crippen LogP contribution in [0.1, 0.15) is 66.7 Å². The second-order valence-electron chi connectivity index (χ2n) is 8.36. The minimum absolute atomic E-state index is 0.0686. The van der Waals surface area contributed by atoms with Crippen molar-refractivity contribution in [3.63, 3.8) is 0 Å². The van der Waals surface area contributed by atoms with E-state index in [0.29, 0.717) is 24.0 Å². The first kappa shape index (κ1) is 17.2. The van der Waals surface area contributed by atoms with Gasteiger partial charge in [0.05, 0.1) is 0 Å². The predicted octanol–water partition coefficient (Wildman–Crippen LogP) is 4.89. The Kier molecular flexibility index (Phi) is 4.79. The molecule has 22 heavy (non-hydrogen) atoms. The van der Waals surface area contributed by atoms with Crippen LogP contribution in [-0.4, -0.2) is 12.1 Å². The Morgan fingerprint density at radius 2 is 2.00 bits per heavy atom. The summed E-state index contributed by atoms with van der Waals surface area (Å²) in [5, 5.41) is 0. The number of fused-ring (bicyclic) bond motifs is 1. The van der Waals surface area contributed by atoms with E-state index in [0.717, 1.165) is 37.5 Å². The Hall–Kier alpha value is -1.18. The second-order valence-corrected chi connectivity index (χ2v) is 8.36. The van der Waals surface area contributed by atoms with Crippen LogP contribution in [0.5, 0.6) is 0 Å². The first-order valence-corrected chi connectivity index (χ1v) is 8.50. The summed E-state index contributed by atoms with van der Waals surface area (Å²) in [6.07, 6.45) is 9.44. The van der Waals surface area contributed by atoms with Crippen molar-refractivity contribution < 1.29 is 9.59 Å². The number of aldehydes is 1. The molecule has 0 aromatic rings. The van der Waals surface area contributed by atoms with Gasteiger partial charge in [-0.25, -0.2) is 0 Å². The average Bonchev–Trinajstić information content (AvgIpc) is 2.35. The van der Waals surface area contributed by atoms with Crippen LogP contribution in [0.15, 0.2) is 23.3 Å². The van der Waals surface area contributed by atoms with Crippen molar-refractivity contribution in [2.24, 2.45) is 22.7 Å².